The van der Waals surface area contributed by atoms with Gasteiger partial charge in [0.05, 0.1) is 23.5 Å². The number of pyridine rings is 1. The molecule has 0 radical (unpaired) electrons. The minimum Gasteiger partial charge on any atom is -0.385 e. The summed E-state index contributed by atoms with van der Waals surface area (Å²) in [5.74, 6) is -0.687. The van der Waals surface area contributed by atoms with Crippen LogP contribution in [0.2, 0.25) is 0 Å². The van der Waals surface area contributed by atoms with Crippen LogP contribution >= 0.6 is 0 Å². The van der Waals surface area contributed by atoms with E-state index >= 15 is 0 Å². The van der Waals surface area contributed by atoms with E-state index in [-0.39, 0.29) is 11.6 Å². The second-order valence-corrected chi connectivity index (χ2v) is 4.84. The summed E-state index contributed by atoms with van der Waals surface area (Å²) in [6, 6.07) is 10.1. The molecular weight excluding hydrogens is 269 g/mol. The second-order valence-electron chi connectivity index (χ2n) is 4.84. The number of hydrogen-bond donors (Lipinski definition) is 1. The summed E-state index contributed by atoms with van der Waals surface area (Å²) in [4.78, 5) is 18.3. The molecule has 0 aliphatic heterocycles. The SMILES string of the molecule is CNc1c(F)cccc1C(=O)N(C)Cc1cccc(C)n1. The van der Waals surface area contributed by atoms with E-state index in [2.05, 4.69) is 10.3 Å². The van der Waals surface area contributed by atoms with Gasteiger partial charge in [-0.1, -0.05) is 12.1 Å². The lowest BCUT2D eigenvalue weighted by Gasteiger charge is -2.19. The zero-order valence-electron chi connectivity index (χ0n) is 12.4. The zero-order chi connectivity index (χ0) is 15.4. The fourth-order valence-electron chi connectivity index (χ4n) is 2.16. The first-order chi connectivity index (χ1) is 10.0. The van der Waals surface area contributed by atoms with Gasteiger partial charge in [0.1, 0.15) is 5.82 Å². The third kappa shape index (κ3) is 3.37. The molecule has 4 nitrogen and oxygen atoms in total. The summed E-state index contributed by atoms with van der Waals surface area (Å²) in [5, 5.41) is 2.73. The van der Waals surface area contributed by atoms with Crippen LogP contribution in [0.5, 0.6) is 0 Å². The van der Waals surface area contributed by atoms with Gasteiger partial charge >= 0.3 is 0 Å². The molecule has 0 saturated heterocycles. The van der Waals surface area contributed by atoms with E-state index in [9.17, 15) is 9.18 Å². The highest BCUT2D eigenvalue weighted by atomic mass is 19.1. The van der Waals surface area contributed by atoms with E-state index in [0.29, 0.717) is 12.1 Å². The van der Waals surface area contributed by atoms with Crippen molar-refractivity contribution in [3.8, 4) is 0 Å². The van der Waals surface area contributed by atoms with Gasteiger partial charge in [-0.25, -0.2) is 4.39 Å². The van der Waals surface area contributed by atoms with Crippen LogP contribution in [0, 0.1) is 12.7 Å². The highest BCUT2D eigenvalue weighted by molar-refractivity contribution is 5.99. The van der Waals surface area contributed by atoms with Crippen LogP contribution in [0.3, 0.4) is 0 Å². The van der Waals surface area contributed by atoms with Crippen LogP contribution in [0.1, 0.15) is 21.7 Å². The number of nitrogens with one attached hydrogen (secondary N) is 1. The lowest BCUT2D eigenvalue weighted by Crippen LogP contribution is -2.27. The molecule has 0 unspecified atom stereocenters. The van der Waals surface area contributed by atoms with Crippen molar-refractivity contribution in [3.63, 3.8) is 0 Å². The number of aryl methyl sites for hydroxylation is 1. The number of carbonyl (C=O) groups is 1. The first kappa shape index (κ1) is 15.0. The van der Waals surface area contributed by atoms with Gasteiger partial charge in [0.15, 0.2) is 0 Å². The Balaban J connectivity index is 2.22. The quantitative estimate of drug-likeness (QED) is 0.940. The smallest absolute Gasteiger partial charge is 0.256 e. The Labute approximate surface area is 123 Å². The van der Waals surface area contributed by atoms with Crippen LogP contribution in [-0.4, -0.2) is 29.9 Å². The number of para-hydroxylation sites is 1. The van der Waals surface area contributed by atoms with Crippen molar-refractivity contribution in [2.24, 2.45) is 0 Å². The molecule has 5 heteroatoms. The fourth-order valence-corrected chi connectivity index (χ4v) is 2.16. The fraction of sp³-hybridized carbons (Fsp3) is 0.250. The highest BCUT2D eigenvalue weighted by Gasteiger charge is 2.18. The average molecular weight is 287 g/mol. The van der Waals surface area contributed by atoms with E-state index in [1.807, 2.05) is 25.1 Å². The number of nitrogens with zero attached hydrogens (tertiary/aromatic N) is 2. The maximum absolute atomic E-state index is 13.7. The Bertz CT molecular complexity index is 658. The molecule has 2 rings (SSSR count). The number of amides is 1. The van der Waals surface area contributed by atoms with Crippen molar-refractivity contribution in [2.75, 3.05) is 19.4 Å². The van der Waals surface area contributed by atoms with E-state index in [1.54, 1.807) is 20.2 Å². The van der Waals surface area contributed by atoms with Crippen molar-refractivity contribution in [1.82, 2.24) is 9.88 Å². The maximum Gasteiger partial charge on any atom is 0.256 e. The Morgan fingerprint density at radius 2 is 2.00 bits per heavy atom. The minimum atomic E-state index is -0.439. The van der Waals surface area contributed by atoms with Crippen LogP contribution in [0.25, 0.3) is 0 Å². The molecule has 2 aromatic rings. The molecule has 0 fully saturated rings. The molecule has 1 amide bonds. The lowest BCUT2D eigenvalue weighted by molar-refractivity contribution is 0.0784. The monoisotopic (exact) mass is 287 g/mol. The maximum atomic E-state index is 13.7. The molecule has 1 N–H and O–H groups in total. The number of hydrogen-bond acceptors (Lipinski definition) is 3. The van der Waals surface area contributed by atoms with Gasteiger partial charge in [-0.05, 0) is 31.2 Å². The summed E-state index contributed by atoms with van der Waals surface area (Å²) >= 11 is 0. The van der Waals surface area contributed by atoms with Crippen molar-refractivity contribution >= 4 is 11.6 Å². The normalized spacial score (nSPS) is 10.3. The number of carbonyl (C=O) groups excluding carboxylic acids is 1. The largest absolute Gasteiger partial charge is 0.385 e. The topological polar surface area (TPSA) is 45.2 Å². The summed E-state index contributed by atoms with van der Waals surface area (Å²) in [5.41, 5.74) is 2.22. The molecule has 0 atom stereocenters. The van der Waals surface area contributed by atoms with Crippen LogP contribution < -0.4 is 5.32 Å². The van der Waals surface area contributed by atoms with Gasteiger partial charge < -0.3 is 10.2 Å². The first-order valence-electron chi connectivity index (χ1n) is 6.67. The van der Waals surface area contributed by atoms with Gasteiger partial charge in [0, 0.05) is 19.8 Å². The first-order valence-corrected chi connectivity index (χ1v) is 6.67. The zero-order valence-corrected chi connectivity index (χ0v) is 12.4. The molecule has 0 bridgehead atoms. The van der Waals surface area contributed by atoms with Gasteiger partial charge in [0.25, 0.3) is 5.91 Å². The number of halogens is 1. The molecule has 1 heterocycles. The number of rotatable bonds is 4. The molecular formula is C16H18FN3O. The Morgan fingerprint density at radius 1 is 1.29 bits per heavy atom. The van der Waals surface area contributed by atoms with Crippen molar-refractivity contribution in [3.05, 3.63) is 59.2 Å². The van der Waals surface area contributed by atoms with E-state index in [1.165, 1.54) is 17.0 Å². The summed E-state index contributed by atoms with van der Waals surface area (Å²) in [6.45, 7) is 2.27. The molecule has 21 heavy (non-hydrogen) atoms. The summed E-state index contributed by atoms with van der Waals surface area (Å²) < 4.78 is 13.7. The number of aromatic nitrogens is 1. The van der Waals surface area contributed by atoms with Crippen molar-refractivity contribution in [1.29, 1.82) is 0 Å². The average Bonchev–Trinajstić information content (AvgIpc) is 2.46. The third-order valence-electron chi connectivity index (χ3n) is 3.19. The van der Waals surface area contributed by atoms with E-state index < -0.39 is 5.82 Å². The van der Waals surface area contributed by atoms with Gasteiger partial charge in [0.2, 0.25) is 0 Å². The summed E-state index contributed by atoms with van der Waals surface area (Å²) in [6.07, 6.45) is 0. The predicted molar refractivity (Wildman–Crippen MR) is 80.7 cm³/mol. The third-order valence-corrected chi connectivity index (χ3v) is 3.19. The molecule has 1 aromatic heterocycles. The van der Waals surface area contributed by atoms with E-state index in [0.717, 1.165) is 11.4 Å². The number of anilines is 1. The molecule has 0 spiro atoms. The summed E-state index contributed by atoms with van der Waals surface area (Å²) in [7, 11) is 3.27. The van der Waals surface area contributed by atoms with Gasteiger partial charge in [-0.2, -0.15) is 0 Å². The van der Waals surface area contributed by atoms with Crippen molar-refractivity contribution < 1.29 is 9.18 Å². The molecule has 0 saturated carbocycles. The Hall–Kier alpha value is -2.43. The Kier molecular flexibility index (Phi) is 4.52. The highest BCUT2D eigenvalue weighted by Crippen LogP contribution is 2.21. The molecule has 0 aliphatic rings. The number of benzene rings is 1. The van der Waals surface area contributed by atoms with Crippen LogP contribution in [0.15, 0.2) is 36.4 Å². The van der Waals surface area contributed by atoms with Crippen molar-refractivity contribution in [2.45, 2.75) is 13.5 Å². The molecule has 1 aromatic carbocycles. The van der Waals surface area contributed by atoms with Crippen LogP contribution in [0.4, 0.5) is 10.1 Å². The predicted octanol–water partition coefficient (Wildman–Crippen LogP) is 2.84. The minimum absolute atomic E-state index is 0.214. The van der Waals surface area contributed by atoms with Gasteiger partial charge in [-0.3, -0.25) is 9.78 Å². The van der Waals surface area contributed by atoms with Gasteiger partial charge in [-0.15, -0.1) is 0 Å². The molecule has 110 valence electrons. The lowest BCUT2D eigenvalue weighted by atomic mass is 10.1. The van der Waals surface area contributed by atoms with E-state index in [4.69, 9.17) is 0 Å². The second kappa shape index (κ2) is 6.35. The molecule has 0 aliphatic carbocycles. The standard InChI is InChI=1S/C16H18FN3O/c1-11-6-4-7-12(19-11)10-20(3)16(21)13-8-5-9-14(17)15(13)18-2/h4-9,18H,10H2,1-3H3. The van der Waals surface area contributed by atoms with Crippen LogP contribution in [-0.2, 0) is 6.54 Å². The Morgan fingerprint density at radius 3 is 2.67 bits per heavy atom.